The number of hydrogen-bond donors (Lipinski definition) is 1. The number of aliphatic hydroxyl groups excluding tert-OH is 1. The second-order valence-electron chi connectivity index (χ2n) is 6.35. The molecule has 6 nitrogen and oxygen atoms in total. The summed E-state index contributed by atoms with van der Waals surface area (Å²) in [4.78, 5) is 4.35. The fourth-order valence-corrected chi connectivity index (χ4v) is 3.60. The van der Waals surface area contributed by atoms with Gasteiger partial charge in [-0.1, -0.05) is 0 Å². The molecule has 1 atom stereocenters. The molecule has 0 bridgehead atoms. The molecule has 0 saturated heterocycles. The molecule has 1 unspecified atom stereocenters. The maximum absolute atomic E-state index is 12.1. The van der Waals surface area contributed by atoms with Crippen LogP contribution in [0.2, 0.25) is 0 Å². The van der Waals surface area contributed by atoms with Gasteiger partial charge in [-0.3, -0.25) is 0 Å². The number of imidazole rings is 1. The van der Waals surface area contributed by atoms with Crippen molar-refractivity contribution < 1.29 is 13.5 Å². The second-order valence-corrected chi connectivity index (χ2v) is 8.95. The molecule has 1 aromatic heterocycles. The quantitative estimate of drug-likeness (QED) is 0.869. The maximum atomic E-state index is 12.1. The third-order valence-corrected chi connectivity index (χ3v) is 6.35. The topological polar surface area (TPSA) is 75.4 Å². The van der Waals surface area contributed by atoms with E-state index in [1.165, 1.54) is 16.9 Å². The highest BCUT2D eigenvalue weighted by Gasteiger charge is 2.24. The molecule has 128 valence electrons. The molecule has 0 amide bonds. The van der Waals surface area contributed by atoms with Crippen molar-refractivity contribution in [3.63, 3.8) is 0 Å². The maximum Gasteiger partial charge on any atom is 0.216 e. The van der Waals surface area contributed by atoms with Gasteiger partial charge in [0.2, 0.25) is 10.0 Å². The van der Waals surface area contributed by atoms with E-state index in [9.17, 15) is 13.5 Å². The highest BCUT2D eigenvalue weighted by molar-refractivity contribution is 7.89. The molecular formula is C16H25N3O3S. The van der Waals surface area contributed by atoms with Gasteiger partial charge in [0.1, 0.15) is 0 Å². The summed E-state index contributed by atoms with van der Waals surface area (Å²) in [7, 11) is -1.86. The minimum Gasteiger partial charge on any atom is -0.390 e. The van der Waals surface area contributed by atoms with Crippen LogP contribution < -0.4 is 0 Å². The van der Waals surface area contributed by atoms with Crippen LogP contribution in [0.25, 0.3) is 11.0 Å². The Bertz CT molecular complexity index is 796. The van der Waals surface area contributed by atoms with E-state index in [4.69, 9.17) is 0 Å². The van der Waals surface area contributed by atoms with E-state index in [0.717, 1.165) is 16.6 Å². The second kappa shape index (κ2) is 6.59. The van der Waals surface area contributed by atoms with E-state index in [-0.39, 0.29) is 6.54 Å². The summed E-state index contributed by atoms with van der Waals surface area (Å²) in [6, 6.07) is 4.06. The molecule has 0 fully saturated rings. The van der Waals surface area contributed by atoms with Gasteiger partial charge in [0, 0.05) is 13.6 Å². The number of aromatic nitrogens is 2. The Morgan fingerprint density at radius 1 is 1.26 bits per heavy atom. The standard InChI is InChI=1S/C16H25N3O3S/c1-11(2)23(21,22)18(5)8-14(20)9-19-10-17-15-6-12(3)13(4)7-16(15)19/h6-7,10-11,14,20H,8-9H2,1-5H3. The van der Waals surface area contributed by atoms with E-state index >= 15 is 0 Å². The number of rotatable bonds is 6. The molecule has 0 aliphatic heterocycles. The molecule has 2 rings (SSSR count). The van der Waals surface area contributed by atoms with Gasteiger partial charge in [-0.25, -0.2) is 17.7 Å². The van der Waals surface area contributed by atoms with Crippen molar-refractivity contribution in [2.75, 3.05) is 13.6 Å². The lowest BCUT2D eigenvalue weighted by molar-refractivity contribution is 0.135. The molecule has 0 aliphatic carbocycles. The summed E-state index contributed by atoms with van der Waals surface area (Å²) >= 11 is 0. The summed E-state index contributed by atoms with van der Waals surface area (Å²) in [5.74, 6) is 0. The molecule has 0 radical (unpaired) electrons. The van der Waals surface area contributed by atoms with Gasteiger partial charge in [-0.15, -0.1) is 0 Å². The summed E-state index contributed by atoms with van der Waals surface area (Å²) in [5.41, 5.74) is 4.16. The number of aryl methyl sites for hydroxylation is 2. The number of fused-ring (bicyclic) bond motifs is 1. The van der Waals surface area contributed by atoms with Gasteiger partial charge >= 0.3 is 0 Å². The molecule has 1 N–H and O–H groups in total. The molecule has 2 aromatic rings. The average Bonchev–Trinajstić information content (AvgIpc) is 2.81. The number of likely N-dealkylation sites (N-methyl/N-ethyl adjacent to an activating group) is 1. The average molecular weight is 339 g/mol. The SMILES string of the molecule is Cc1cc2ncn(CC(O)CN(C)S(=O)(=O)C(C)C)c2cc1C. The lowest BCUT2D eigenvalue weighted by Gasteiger charge is -2.22. The van der Waals surface area contributed by atoms with Crippen LogP contribution in [-0.2, 0) is 16.6 Å². The van der Waals surface area contributed by atoms with E-state index in [1.807, 2.05) is 30.5 Å². The van der Waals surface area contributed by atoms with Gasteiger partial charge in [-0.2, -0.15) is 0 Å². The van der Waals surface area contributed by atoms with E-state index < -0.39 is 21.4 Å². The van der Waals surface area contributed by atoms with Crippen LogP contribution in [0.1, 0.15) is 25.0 Å². The Morgan fingerprint density at radius 2 is 1.87 bits per heavy atom. The molecular weight excluding hydrogens is 314 g/mol. The molecule has 7 heteroatoms. The van der Waals surface area contributed by atoms with Gasteiger partial charge in [0.25, 0.3) is 0 Å². The fourth-order valence-electron chi connectivity index (χ4n) is 2.50. The third kappa shape index (κ3) is 3.73. The Balaban J connectivity index is 2.15. The van der Waals surface area contributed by atoms with Crippen LogP contribution in [0.4, 0.5) is 0 Å². The molecule has 1 aromatic carbocycles. The van der Waals surface area contributed by atoms with E-state index in [0.29, 0.717) is 6.54 Å². The third-order valence-electron chi connectivity index (χ3n) is 4.14. The van der Waals surface area contributed by atoms with Crippen molar-refractivity contribution in [1.29, 1.82) is 0 Å². The highest BCUT2D eigenvalue weighted by Crippen LogP contribution is 2.19. The summed E-state index contributed by atoms with van der Waals surface area (Å²) in [5, 5.41) is 9.76. The van der Waals surface area contributed by atoms with Crippen LogP contribution in [0.3, 0.4) is 0 Å². The first-order chi connectivity index (χ1) is 10.6. The van der Waals surface area contributed by atoms with Crippen molar-refractivity contribution in [3.05, 3.63) is 29.6 Å². The molecule has 23 heavy (non-hydrogen) atoms. The van der Waals surface area contributed by atoms with E-state index in [2.05, 4.69) is 4.98 Å². The van der Waals surface area contributed by atoms with Crippen LogP contribution in [0.5, 0.6) is 0 Å². The molecule has 0 aliphatic rings. The summed E-state index contributed by atoms with van der Waals surface area (Å²) < 4.78 is 27.2. The molecule has 1 heterocycles. The fraction of sp³-hybridized carbons (Fsp3) is 0.562. The number of nitrogens with zero attached hydrogens (tertiary/aromatic N) is 3. The summed E-state index contributed by atoms with van der Waals surface area (Å²) in [6.45, 7) is 7.70. The number of hydrogen-bond acceptors (Lipinski definition) is 4. The Hall–Kier alpha value is -1.44. The minimum atomic E-state index is -3.36. The minimum absolute atomic E-state index is 0.0605. The van der Waals surface area contributed by atoms with Crippen LogP contribution in [0.15, 0.2) is 18.5 Å². The first kappa shape index (κ1) is 17.9. The normalized spacial score (nSPS) is 14.1. The van der Waals surface area contributed by atoms with Gasteiger partial charge < -0.3 is 9.67 Å². The number of sulfonamides is 1. The Kier molecular flexibility index (Phi) is 5.13. The van der Waals surface area contributed by atoms with Crippen molar-refractivity contribution >= 4 is 21.1 Å². The largest absolute Gasteiger partial charge is 0.390 e. The Labute approximate surface area is 137 Å². The van der Waals surface area contributed by atoms with E-state index in [1.54, 1.807) is 20.2 Å². The zero-order valence-electron chi connectivity index (χ0n) is 14.3. The number of benzene rings is 1. The van der Waals surface area contributed by atoms with Gasteiger partial charge in [0.05, 0.1) is 35.3 Å². The zero-order chi connectivity index (χ0) is 17.4. The first-order valence-electron chi connectivity index (χ1n) is 7.68. The molecule has 0 saturated carbocycles. The summed E-state index contributed by atoms with van der Waals surface area (Å²) in [6.07, 6.45) is 0.886. The predicted octanol–water partition coefficient (Wildman–Crippen LogP) is 1.68. The first-order valence-corrected chi connectivity index (χ1v) is 9.18. The predicted molar refractivity (Wildman–Crippen MR) is 91.9 cm³/mol. The highest BCUT2D eigenvalue weighted by atomic mass is 32.2. The lowest BCUT2D eigenvalue weighted by atomic mass is 10.1. The molecule has 0 spiro atoms. The van der Waals surface area contributed by atoms with Gasteiger partial charge in [0.15, 0.2) is 0 Å². The van der Waals surface area contributed by atoms with Crippen molar-refractivity contribution in [2.24, 2.45) is 0 Å². The number of aliphatic hydroxyl groups is 1. The van der Waals surface area contributed by atoms with Crippen molar-refractivity contribution in [2.45, 2.75) is 45.6 Å². The van der Waals surface area contributed by atoms with Crippen LogP contribution in [-0.4, -0.2) is 52.3 Å². The van der Waals surface area contributed by atoms with Gasteiger partial charge in [-0.05, 0) is 51.0 Å². The van der Waals surface area contributed by atoms with Crippen LogP contribution in [0, 0.1) is 13.8 Å². The monoisotopic (exact) mass is 339 g/mol. The lowest BCUT2D eigenvalue weighted by Crippen LogP contribution is -2.39. The van der Waals surface area contributed by atoms with Crippen LogP contribution >= 0.6 is 0 Å². The van der Waals surface area contributed by atoms with Crippen molar-refractivity contribution in [3.8, 4) is 0 Å². The smallest absolute Gasteiger partial charge is 0.216 e. The van der Waals surface area contributed by atoms with Crippen molar-refractivity contribution in [1.82, 2.24) is 13.9 Å². The zero-order valence-corrected chi connectivity index (χ0v) is 15.1. The Morgan fingerprint density at radius 3 is 2.48 bits per heavy atom.